The van der Waals surface area contributed by atoms with Gasteiger partial charge in [0.25, 0.3) is 0 Å². The molecule has 1 aromatic rings. The van der Waals surface area contributed by atoms with Crippen LogP contribution in [0, 0.1) is 0 Å². The fourth-order valence-corrected chi connectivity index (χ4v) is 2.69. The molecule has 6 heteroatoms. The minimum atomic E-state index is 0.106. The summed E-state index contributed by atoms with van der Waals surface area (Å²) in [7, 11) is 0. The van der Waals surface area contributed by atoms with Gasteiger partial charge in [-0.25, -0.2) is 4.98 Å². The Morgan fingerprint density at radius 3 is 2.86 bits per heavy atom. The van der Waals surface area contributed by atoms with Crippen molar-refractivity contribution >= 4 is 11.8 Å². The highest BCUT2D eigenvalue weighted by Crippen LogP contribution is 2.19. The van der Waals surface area contributed by atoms with Crippen molar-refractivity contribution in [2.45, 2.75) is 32.3 Å². The zero-order chi connectivity index (χ0) is 14.5. The van der Waals surface area contributed by atoms with Crippen molar-refractivity contribution in [1.82, 2.24) is 9.97 Å². The van der Waals surface area contributed by atoms with E-state index in [2.05, 4.69) is 27.1 Å². The highest BCUT2D eigenvalue weighted by atomic mass is 16.6. The third kappa shape index (κ3) is 3.83. The highest BCUT2D eigenvalue weighted by Gasteiger charge is 2.18. The summed E-state index contributed by atoms with van der Waals surface area (Å²) in [5.74, 6) is 1.74. The molecule has 6 nitrogen and oxygen atoms in total. The zero-order valence-electron chi connectivity index (χ0n) is 12.7. The number of hydrogen-bond acceptors (Lipinski definition) is 6. The van der Waals surface area contributed by atoms with E-state index in [9.17, 15) is 0 Å². The first-order valence-corrected chi connectivity index (χ1v) is 7.91. The maximum absolute atomic E-state index is 5.64. The molecule has 2 aliphatic heterocycles. The Morgan fingerprint density at radius 1 is 1.29 bits per heavy atom. The number of aromatic nitrogens is 2. The molecular formula is C15H24N4O2. The van der Waals surface area contributed by atoms with E-state index in [0.29, 0.717) is 19.8 Å². The number of hydrogen-bond donors (Lipinski definition) is 1. The molecule has 3 heterocycles. The second kappa shape index (κ2) is 7.04. The van der Waals surface area contributed by atoms with Crippen molar-refractivity contribution in [3.8, 4) is 0 Å². The van der Waals surface area contributed by atoms with Crippen LogP contribution in [0.5, 0.6) is 0 Å². The molecule has 116 valence electrons. The van der Waals surface area contributed by atoms with E-state index < -0.39 is 0 Å². The first kappa shape index (κ1) is 14.5. The molecule has 0 radical (unpaired) electrons. The summed E-state index contributed by atoms with van der Waals surface area (Å²) in [6.07, 6.45) is 3.49. The van der Waals surface area contributed by atoms with Gasteiger partial charge in [0.1, 0.15) is 5.82 Å². The Kier molecular flexibility index (Phi) is 4.87. The molecule has 3 rings (SSSR count). The van der Waals surface area contributed by atoms with Gasteiger partial charge in [-0.1, -0.05) is 6.92 Å². The van der Waals surface area contributed by atoms with Crippen LogP contribution < -0.4 is 10.2 Å². The normalized spacial score (nSPS) is 22.5. The van der Waals surface area contributed by atoms with E-state index in [-0.39, 0.29) is 6.10 Å². The van der Waals surface area contributed by atoms with Gasteiger partial charge < -0.3 is 19.7 Å². The highest BCUT2D eigenvalue weighted by molar-refractivity contribution is 5.44. The molecule has 0 aliphatic carbocycles. The summed E-state index contributed by atoms with van der Waals surface area (Å²) in [4.78, 5) is 11.6. The van der Waals surface area contributed by atoms with Crippen LogP contribution in [0.2, 0.25) is 0 Å². The fourth-order valence-electron chi connectivity index (χ4n) is 2.69. The molecule has 0 unspecified atom stereocenters. The van der Waals surface area contributed by atoms with Crippen LogP contribution in [0.4, 0.5) is 11.8 Å². The third-order valence-electron chi connectivity index (χ3n) is 3.91. The van der Waals surface area contributed by atoms with E-state index in [4.69, 9.17) is 9.47 Å². The predicted molar refractivity (Wildman–Crippen MR) is 81.9 cm³/mol. The third-order valence-corrected chi connectivity index (χ3v) is 3.91. The van der Waals surface area contributed by atoms with Crippen LogP contribution in [0.1, 0.15) is 25.5 Å². The van der Waals surface area contributed by atoms with Gasteiger partial charge in [-0.2, -0.15) is 4.98 Å². The van der Waals surface area contributed by atoms with Crippen LogP contribution in [-0.2, 0) is 15.9 Å². The molecule has 2 fully saturated rings. The summed E-state index contributed by atoms with van der Waals surface area (Å²) in [6, 6.07) is 2.03. The van der Waals surface area contributed by atoms with Crippen LogP contribution in [0.15, 0.2) is 6.07 Å². The van der Waals surface area contributed by atoms with Crippen molar-refractivity contribution in [2.75, 3.05) is 49.7 Å². The molecule has 0 amide bonds. The topological polar surface area (TPSA) is 59.5 Å². The van der Waals surface area contributed by atoms with Gasteiger partial charge in [0, 0.05) is 31.4 Å². The van der Waals surface area contributed by atoms with E-state index in [1.54, 1.807) is 0 Å². The number of anilines is 2. The van der Waals surface area contributed by atoms with Crippen molar-refractivity contribution in [1.29, 1.82) is 0 Å². The van der Waals surface area contributed by atoms with E-state index in [1.165, 1.54) is 12.8 Å². The van der Waals surface area contributed by atoms with Gasteiger partial charge in [-0.15, -0.1) is 0 Å². The lowest BCUT2D eigenvalue weighted by Crippen LogP contribution is -2.34. The number of nitrogens with zero attached hydrogens (tertiary/aromatic N) is 3. The van der Waals surface area contributed by atoms with Crippen LogP contribution in [0.25, 0.3) is 0 Å². The maximum Gasteiger partial charge on any atom is 0.227 e. The van der Waals surface area contributed by atoms with Crippen molar-refractivity contribution in [2.24, 2.45) is 0 Å². The van der Waals surface area contributed by atoms with Crippen LogP contribution in [-0.4, -0.2) is 55.5 Å². The van der Waals surface area contributed by atoms with E-state index in [0.717, 1.165) is 43.5 Å². The van der Waals surface area contributed by atoms with E-state index in [1.807, 2.05) is 6.07 Å². The quantitative estimate of drug-likeness (QED) is 0.887. The molecule has 0 aromatic carbocycles. The Labute approximate surface area is 125 Å². The van der Waals surface area contributed by atoms with E-state index >= 15 is 0 Å². The standard InChI is InChI=1S/C15H24N4O2/c1-2-12-9-14(16-10-13-11-20-7-8-21-13)18-15(17-12)19-5-3-4-6-19/h9,13H,2-8,10-11H2,1H3,(H,16,17,18)/t13-/m0/s1. The smallest absolute Gasteiger partial charge is 0.227 e. The summed E-state index contributed by atoms with van der Waals surface area (Å²) in [5.41, 5.74) is 1.08. The number of nitrogens with one attached hydrogen (secondary N) is 1. The largest absolute Gasteiger partial charge is 0.376 e. The van der Waals surface area contributed by atoms with Gasteiger partial charge in [-0.3, -0.25) is 0 Å². The Morgan fingerprint density at radius 2 is 2.14 bits per heavy atom. The first-order valence-electron chi connectivity index (χ1n) is 7.91. The van der Waals surface area contributed by atoms with Crippen molar-refractivity contribution in [3.63, 3.8) is 0 Å². The van der Waals surface area contributed by atoms with Crippen molar-refractivity contribution < 1.29 is 9.47 Å². The van der Waals surface area contributed by atoms with Gasteiger partial charge in [0.15, 0.2) is 0 Å². The molecule has 21 heavy (non-hydrogen) atoms. The SMILES string of the molecule is CCc1cc(NC[C@H]2COCCO2)nc(N2CCCC2)n1. The summed E-state index contributed by atoms with van der Waals surface area (Å²) >= 11 is 0. The minimum Gasteiger partial charge on any atom is -0.376 e. The number of ether oxygens (including phenoxy) is 2. The van der Waals surface area contributed by atoms with Gasteiger partial charge >= 0.3 is 0 Å². The van der Waals surface area contributed by atoms with Gasteiger partial charge in [-0.05, 0) is 19.3 Å². The lowest BCUT2D eigenvalue weighted by atomic mass is 10.3. The summed E-state index contributed by atoms with van der Waals surface area (Å²) < 4.78 is 11.1. The lowest BCUT2D eigenvalue weighted by Gasteiger charge is -2.23. The van der Waals surface area contributed by atoms with Crippen molar-refractivity contribution in [3.05, 3.63) is 11.8 Å². The molecule has 1 N–H and O–H groups in total. The van der Waals surface area contributed by atoms with Gasteiger partial charge in [0.05, 0.1) is 25.9 Å². The average Bonchev–Trinajstić information content (AvgIpc) is 3.08. The van der Waals surface area contributed by atoms with Gasteiger partial charge in [0.2, 0.25) is 5.95 Å². The maximum atomic E-state index is 5.64. The monoisotopic (exact) mass is 292 g/mol. The molecule has 2 saturated heterocycles. The molecule has 0 saturated carbocycles. The Hall–Kier alpha value is -1.40. The molecule has 0 spiro atoms. The minimum absolute atomic E-state index is 0.106. The number of aryl methyl sites for hydroxylation is 1. The number of rotatable bonds is 5. The molecule has 1 atom stereocenters. The molecular weight excluding hydrogens is 268 g/mol. The lowest BCUT2D eigenvalue weighted by molar-refractivity contribution is -0.0819. The summed E-state index contributed by atoms with van der Waals surface area (Å²) in [5, 5.41) is 3.37. The fraction of sp³-hybridized carbons (Fsp3) is 0.733. The zero-order valence-corrected chi connectivity index (χ0v) is 12.7. The van der Waals surface area contributed by atoms with Crippen LogP contribution in [0.3, 0.4) is 0 Å². The Bertz CT molecular complexity index is 457. The molecule has 1 aromatic heterocycles. The average molecular weight is 292 g/mol. The first-order chi connectivity index (χ1) is 10.3. The second-order valence-electron chi connectivity index (χ2n) is 5.54. The predicted octanol–water partition coefficient (Wildman–Crippen LogP) is 1.47. The second-order valence-corrected chi connectivity index (χ2v) is 5.54. The van der Waals surface area contributed by atoms with Crippen LogP contribution >= 0.6 is 0 Å². The summed E-state index contributed by atoms with van der Waals surface area (Å²) in [6.45, 7) is 6.99. The molecule has 2 aliphatic rings. The Balaban J connectivity index is 1.66. The molecule has 0 bridgehead atoms.